The second kappa shape index (κ2) is 9.42. The molecule has 1 amide bonds. The molecule has 27 heavy (non-hydrogen) atoms. The van der Waals surface area contributed by atoms with E-state index in [9.17, 15) is 4.79 Å². The Bertz CT molecular complexity index is 716. The van der Waals surface area contributed by atoms with Gasteiger partial charge in [-0.3, -0.25) is 4.79 Å². The lowest BCUT2D eigenvalue weighted by atomic mass is 10.0. The van der Waals surface area contributed by atoms with Crippen LogP contribution in [0.5, 0.6) is 17.2 Å². The van der Waals surface area contributed by atoms with Crippen LogP contribution in [-0.2, 0) is 4.79 Å². The summed E-state index contributed by atoms with van der Waals surface area (Å²) >= 11 is 0. The highest BCUT2D eigenvalue weighted by Crippen LogP contribution is 2.23. The average molecular weight is 368 g/mol. The summed E-state index contributed by atoms with van der Waals surface area (Å²) in [7, 11) is 0. The summed E-state index contributed by atoms with van der Waals surface area (Å²) in [6, 6.07) is 17.8. The number of hydrogen-bond donors (Lipinski definition) is 1. The van der Waals surface area contributed by atoms with Gasteiger partial charge >= 0.3 is 0 Å². The minimum Gasteiger partial charge on any atom is -0.484 e. The number of rotatable bonds is 7. The minimum atomic E-state index is 0.0369. The van der Waals surface area contributed by atoms with E-state index in [1.807, 2.05) is 59.5 Å². The van der Waals surface area contributed by atoms with Gasteiger partial charge in [0.25, 0.3) is 5.91 Å². The first-order chi connectivity index (χ1) is 13.1. The van der Waals surface area contributed by atoms with Crippen LogP contribution in [0.15, 0.2) is 54.6 Å². The van der Waals surface area contributed by atoms with E-state index in [2.05, 4.69) is 19.2 Å². The predicted octanol–water partition coefficient (Wildman–Crippen LogP) is 3.85. The Kier molecular flexibility index (Phi) is 6.71. The SMILES string of the molecule is CC(C)NC1CCCN(C(=O)COc2ccc(Oc3ccccc3)cc2)C1. The molecule has 3 rings (SSSR count). The fourth-order valence-corrected chi connectivity index (χ4v) is 3.28. The molecule has 0 aliphatic carbocycles. The smallest absolute Gasteiger partial charge is 0.260 e. The normalized spacial score (nSPS) is 17.0. The fraction of sp³-hybridized carbons (Fsp3) is 0.409. The van der Waals surface area contributed by atoms with E-state index >= 15 is 0 Å². The zero-order valence-corrected chi connectivity index (χ0v) is 16.1. The molecule has 1 heterocycles. The van der Waals surface area contributed by atoms with Crippen molar-refractivity contribution in [2.75, 3.05) is 19.7 Å². The third-order valence-electron chi connectivity index (χ3n) is 4.51. The number of hydrogen-bond acceptors (Lipinski definition) is 4. The van der Waals surface area contributed by atoms with Gasteiger partial charge in [-0.25, -0.2) is 0 Å². The lowest BCUT2D eigenvalue weighted by Crippen LogP contribution is -2.50. The molecule has 0 radical (unpaired) electrons. The first-order valence-corrected chi connectivity index (χ1v) is 9.60. The molecular weight excluding hydrogens is 340 g/mol. The quantitative estimate of drug-likeness (QED) is 0.807. The van der Waals surface area contributed by atoms with Gasteiger partial charge < -0.3 is 19.7 Å². The number of ether oxygens (including phenoxy) is 2. The highest BCUT2D eigenvalue weighted by Gasteiger charge is 2.24. The van der Waals surface area contributed by atoms with E-state index in [1.54, 1.807) is 0 Å². The number of likely N-dealkylation sites (tertiary alicyclic amines) is 1. The van der Waals surface area contributed by atoms with Crippen LogP contribution in [0.25, 0.3) is 0 Å². The van der Waals surface area contributed by atoms with E-state index in [0.29, 0.717) is 17.8 Å². The van der Waals surface area contributed by atoms with E-state index in [4.69, 9.17) is 9.47 Å². The Hall–Kier alpha value is -2.53. The number of carbonyl (C=O) groups excluding carboxylic acids is 1. The van der Waals surface area contributed by atoms with Gasteiger partial charge in [0.1, 0.15) is 17.2 Å². The van der Waals surface area contributed by atoms with Crippen LogP contribution in [0, 0.1) is 0 Å². The van der Waals surface area contributed by atoms with Crippen molar-refractivity contribution in [1.82, 2.24) is 10.2 Å². The van der Waals surface area contributed by atoms with Crippen LogP contribution in [0.1, 0.15) is 26.7 Å². The summed E-state index contributed by atoms with van der Waals surface area (Å²) in [6.07, 6.45) is 2.15. The van der Waals surface area contributed by atoms with Crippen molar-refractivity contribution in [3.05, 3.63) is 54.6 Å². The van der Waals surface area contributed by atoms with Crippen molar-refractivity contribution in [2.24, 2.45) is 0 Å². The molecule has 5 nitrogen and oxygen atoms in total. The standard InChI is InChI=1S/C22H28N2O3/c1-17(2)23-18-7-6-14-24(15-18)22(25)16-26-19-10-12-21(13-11-19)27-20-8-4-3-5-9-20/h3-5,8-13,17-18,23H,6-7,14-16H2,1-2H3. The molecule has 2 aromatic carbocycles. The molecule has 0 aromatic heterocycles. The number of para-hydroxylation sites is 1. The van der Waals surface area contributed by atoms with Gasteiger partial charge in [-0.05, 0) is 49.2 Å². The Morgan fingerprint density at radius 3 is 2.44 bits per heavy atom. The van der Waals surface area contributed by atoms with Crippen LogP contribution in [-0.4, -0.2) is 42.6 Å². The minimum absolute atomic E-state index is 0.0369. The summed E-state index contributed by atoms with van der Waals surface area (Å²) < 4.78 is 11.4. The van der Waals surface area contributed by atoms with Crippen molar-refractivity contribution in [3.63, 3.8) is 0 Å². The molecule has 1 atom stereocenters. The maximum atomic E-state index is 12.5. The molecule has 0 saturated carbocycles. The molecule has 1 N–H and O–H groups in total. The number of nitrogens with one attached hydrogen (secondary N) is 1. The van der Waals surface area contributed by atoms with Gasteiger partial charge in [0, 0.05) is 25.2 Å². The van der Waals surface area contributed by atoms with E-state index in [0.717, 1.165) is 37.4 Å². The molecule has 144 valence electrons. The third-order valence-corrected chi connectivity index (χ3v) is 4.51. The topological polar surface area (TPSA) is 50.8 Å². The maximum Gasteiger partial charge on any atom is 0.260 e. The number of benzene rings is 2. The van der Waals surface area contributed by atoms with Gasteiger partial charge in [0.05, 0.1) is 0 Å². The van der Waals surface area contributed by atoms with Gasteiger partial charge in [0.15, 0.2) is 6.61 Å². The highest BCUT2D eigenvalue weighted by molar-refractivity contribution is 5.78. The van der Waals surface area contributed by atoms with Gasteiger partial charge in [-0.15, -0.1) is 0 Å². The molecule has 1 saturated heterocycles. The number of nitrogens with zero attached hydrogens (tertiary/aromatic N) is 1. The summed E-state index contributed by atoms with van der Waals surface area (Å²) in [5.74, 6) is 2.22. The average Bonchev–Trinajstić information content (AvgIpc) is 2.68. The Labute approximate surface area is 161 Å². The third kappa shape index (κ3) is 6.00. The van der Waals surface area contributed by atoms with Crippen LogP contribution >= 0.6 is 0 Å². The van der Waals surface area contributed by atoms with Gasteiger partial charge in [-0.2, -0.15) is 0 Å². The summed E-state index contributed by atoms with van der Waals surface area (Å²) in [5, 5.41) is 3.52. The predicted molar refractivity (Wildman–Crippen MR) is 106 cm³/mol. The summed E-state index contributed by atoms with van der Waals surface area (Å²) in [5.41, 5.74) is 0. The molecule has 2 aromatic rings. The fourth-order valence-electron chi connectivity index (χ4n) is 3.28. The Balaban J connectivity index is 1.47. The molecule has 0 spiro atoms. The van der Waals surface area contributed by atoms with E-state index in [1.165, 1.54) is 0 Å². The first kappa shape index (κ1) is 19.2. The number of amides is 1. The molecule has 0 bridgehead atoms. The van der Waals surface area contributed by atoms with Crippen LogP contribution < -0.4 is 14.8 Å². The lowest BCUT2D eigenvalue weighted by molar-refractivity contribution is -0.134. The second-order valence-electron chi connectivity index (χ2n) is 7.18. The van der Waals surface area contributed by atoms with Crippen molar-refractivity contribution in [2.45, 2.75) is 38.8 Å². The van der Waals surface area contributed by atoms with Crippen molar-refractivity contribution < 1.29 is 14.3 Å². The monoisotopic (exact) mass is 368 g/mol. The van der Waals surface area contributed by atoms with E-state index in [-0.39, 0.29) is 12.5 Å². The number of piperidine rings is 1. The molecule has 1 unspecified atom stereocenters. The molecular formula is C22H28N2O3. The second-order valence-corrected chi connectivity index (χ2v) is 7.18. The largest absolute Gasteiger partial charge is 0.484 e. The van der Waals surface area contributed by atoms with Crippen molar-refractivity contribution in [3.8, 4) is 17.2 Å². The number of carbonyl (C=O) groups is 1. The summed E-state index contributed by atoms with van der Waals surface area (Å²) in [6.45, 7) is 5.89. The van der Waals surface area contributed by atoms with Crippen LogP contribution in [0.3, 0.4) is 0 Å². The van der Waals surface area contributed by atoms with E-state index < -0.39 is 0 Å². The summed E-state index contributed by atoms with van der Waals surface area (Å²) in [4.78, 5) is 14.4. The lowest BCUT2D eigenvalue weighted by Gasteiger charge is -2.34. The van der Waals surface area contributed by atoms with Crippen molar-refractivity contribution >= 4 is 5.91 Å². The zero-order chi connectivity index (χ0) is 19.1. The van der Waals surface area contributed by atoms with Gasteiger partial charge in [0.2, 0.25) is 0 Å². The first-order valence-electron chi connectivity index (χ1n) is 9.60. The highest BCUT2D eigenvalue weighted by atomic mass is 16.5. The Morgan fingerprint density at radius 2 is 1.74 bits per heavy atom. The molecule has 1 aliphatic rings. The van der Waals surface area contributed by atoms with Crippen LogP contribution in [0.2, 0.25) is 0 Å². The van der Waals surface area contributed by atoms with Crippen LogP contribution in [0.4, 0.5) is 0 Å². The molecule has 1 fully saturated rings. The maximum absolute atomic E-state index is 12.5. The molecule has 1 aliphatic heterocycles. The van der Waals surface area contributed by atoms with Gasteiger partial charge in [-0.1, -0.05) is 32.0 Å². The molecule has 5 heteroatoms. The van der Waals surface area contributed by atoms with Crippen molar-refractivity contribution in [1.29, 1.82) is 0 Å². The zero-order valence-electron chi connectivity index (χ0n) is 16.1. The Morgan fingerprint density at radius 1 is 1.07 bits per heavy atom.